The van der Waals surface area contributed by atoms with E-state index in [1.807, 2.05) is 11.0 Å². The van der Waals surface area contributed by atoms with Crippen LogP contribution >= 0.6 is 11.6 Å². The molecule has 0 aliphatic carbocycles. The summed E-state index contributed by atoms with van der Waals surface area (Å²) in [6, 6.07) is 12.1. The van der Waals surface area contributed by atoms with E-state index in [9.17, 15) is 8.42 Å². The molecule has 1 N–H and O–H groups in total. The van der Waals surface area contributed by atoms with Gasteiger partial charge in [0.05, 0.1) is 37.0 Å². The monoisotopic (exact) mass is 623 g/mol. The second-order valence-electron chi connectivity index (χ2n) is 10.3. The van der Waals surface area contributed by atoms with Crippen LogP contribution in [0, 0.1) is 0 Å². The zero-order chi connectivity index (χ0) is 30.4. The van der Waals surface area contributed by atoms with Gasteiger partial charge in [-0.05, 0) is 74.0 Å². The number of sulfonamides is 1. The number of ether oxygens (including phenoxy) is 2. The van der Waals surface area contributed by atoms with Crippen molar-refractivity contribution in [1.82, 2.24) is 20.2 Å². The summed E-state index contributed by atoms with van der Waals surface area (Å²) in [6.07, 6.45) is 6.02. The zero-order valence-corrected chi connectivity index (χ0v) is 25.4. The van der Waals surface area contributed by atoms with Crippen LogP contribution in [0.3, 0.4) is 0 Å². The Morgan fingerprint density at radius 2 is 1.88 bits per heavy atom. The van der Waals surface area contributed by atoms with Crippen molar-refractivity contribution in [3.63, 3.8) is 0 Å². The summed E-state index contributed by atoms with van der Waals surface area (Å²) >= 11 is 6.60. The van der Waals surface area contributed by atoms with Crippen molar-refractivity contribution in [2.45, 2.75) is 35.9 Å². The molecule has 1 amide bonds. The standard InChI is InChI=1S/C30H30ClN5O6S/c1-32-17-19-15-24(27(41-3)34-18-19)30(35-13-4-5-26(35)28-33-12-14-42-28)23-16-20(31)6-11-25(23)36(29(30)37)43(38,39)22-9-7-21(40-2)8-10-22/h6-12,14-16,18,26,32H,4-5,13,17H2,1-3H3/t26-,30?/m0/s1. The number of nitrogens with zero attached hydrogens (tertiary/aromatic N) is 4. The van der Waals surface area contributed by atoms with Gasteiger partial charge in [-0.15, -0.1) is 0 Å². The number of carbonyl (C=O) groups is 1. The predicted molar refractivity (Wildman–Crippen MR) is 159 cm³/mol. The summed E-state index contributed by atoms with van der Waals surface area (Å²) in [5.41, 5.74) is 0.0310. The maximum Gasteiger partial charge on any atom is 0.271 e. The highest BCUT2D eigenvalue weighted by molar-refractivity contribution is 7.93. The van der Waals surface area contributed by atoms with Gasteiger partial charge >= 0.3 is 0 Å². The lowest BCUT2D eigenvalue weighted by atomic mass is 9.81. The van der Waals surface area contributed by atoms with E-state index in [4.69, 9.17) is 25.5 Å². The van der Waals surface area contributed by atoms with Crippen LogP contribution < -0.4 is 19.1 Å². The average molecular weight is 624 g/mol. The van der Waals surface area contributed by atoms with Crippen molar-refractivity contribution in [2.75, 3.05) is 32.1 Å². The zero-order valence-electron chi connectivity index (χ0n) is 23.8. The number of oxazole rings is 1. The molecule has 0 radical (unpaired) electrons. The highest BCUT2D eigenvalue weighted by Crippen LogP contribution is 2.56. The Morgan fingerprint density at radius 1 is 1.09 bits per heavy atom. The molecule has 4 heterocycles. The number of fused-ring (bicyclic) bond motifs is 1. The van der Waals surface area contributed by atoms with E-state index in [0.717, 1.165) is 9.87 Å². The van der Waals surface area contributed by atoms with Gasteiger partial charge in [-0.3, -0.25) is 9.69 Å². The van der Waals surface area contributed by atoms with Gasteiger partial charge in [0.1, 0.15) is 12.0 Å². The number of methoxy groups -OCH3 is 2. The normalized spacial score (nSPS) is 20.4. The van der Waals surface area contributed by atoms with Crippen LogP contribution in [0.2, 0.25) is 5.02 Å². The quantitative estimate of drug-likeness (QED) is 0.289. The maximum absolute atomic E-state index is 15.3. The Bertz CT molecular complexity index is 1770. The number of hydrogen-bond acceptors (Lipinski definition) is 10. The van der Waals surface area contributed by atoms with Crippen LogP contribution in [0.15, 0.2) is 76.5 Å². The molecular weight excluding hydrogens is 594 g/mol. The van der Waals surface area contributed by atoms with Crippen molar-refractivity contribution in [3.8, 4) is 11.6 Å². The third kappa shape index (κ3) is 4.56. The molecule has 11 nitrogen and oxygen atoms in total. The van der Waals surface area contributed by atoms with E-state index in [-0.39, 0.29) is 16.5 Å². The molecule has 2 aliphatic rings. The Hall–Kier alpha value is -3.97. The Kier molecular flexibility index (Phi) is 7.63. The molecule has 1 saturated heterocycles. The fourth-order valence-corrected chi connectivity index (χ4v) is 7.80. The summed E-state index contributed by atoms with van der Waals surface area (Å²) in [5, 5.41) is 3.45. The van der Waals surface area contributed by atoms with Crippen molar-refractivity contribution in [3.05, 3.63) is 94.8 Å². The summed E-state index contributed by atoms with van der Waals surface area (Å²) in [4.78, 5) is 26.1. The first-order chi connectivity index (χ1) is 20.8. The number of anilines is 1. The first kappa shape index (κ1) is 29.1. The Labute approximate surface area is 254 Å². The Balaban J connectivity index is 1.67. The number of hydrogen-bond donors (Lipinski definition) is 1. The number of aromatic nitrogens is 2. The van der Waals surface area contributed by atoms with Crippen LogP contribution in [0.4, 0.5) is 5.69 Å². The van der Waals surface area contributed by atoms with Gasteiger partial charge in [0.15, 0.2) is 5.54 Å². The van der Waals surface area contributed by atoms with Crippen molar-refractivity contribution in [1.29, 1.82) is 0 Å². The minimum atomic E-state index is -4.41. The second-order valence-corrected chi connectivity index (χ2v) is 12.5. The van der Waals surface area contributed by atoms with E-state index in [1.165, 1.54) is 44.7 Å². The molecule has 4 aromatic rings. The third-order valence-corrected chi connectivity index (χ3v) is 9.90. The molecular formula is C30H30ClN5O6S. The van der Waals surface area contributed by atoms with Crippen molar-refractivity contribution >= 4 is 33.2 Å². The second kappa shape index (κ2) is 11.3. The third-order valence-electron chi connectivity index (χ3n) is 7.95. The molecule has 2 aromatic heterocycles. The smallest absolute Gasteiger partial charge is 0.271 e. The van der Waals surface area contributed by atoms with Crippen molar-refractivity contribution < 1.29 is 27.1 Å². The minimum absolute atomic E-state index is 0.0713. The van der Waals surface area contributed by atoms with Crippen molar-refractivity contribution in [2.24, 2.45) is 0 Å². The summed E-state index contributed by atoms with van der Waals surface area (Å²) in [6.45, 7) is 0.883. The van der Waals surface area contributed by atoms with Crippen LogP contribution in [0.25, 0.3) is 0 Å². The summed E-state index contributed by atoms with van der Waals surface area (Å²) < 4.78 is 46.4. The first-order valence-electron chi connectivity index (χ1n) is 13.6. The molecule has 2 aliphatic heterocycles. The fourth-order valence-electron chi connectivity index (χ4n) is 6.17. The fraction of sp³-hybridized carbons (Fsp3) is 0.300. The van der Waals surface area contributed by atoms with Gasteiger partial charge in [0.2, 0.25) is 11.8 Å². The van der Waals surface area contributed by atoms with E-state index >= 15 is 4.79 Å². The van der Waals surface area contributed by atoms with E-state index in [2.05, 4.69) is 15.3 Å². The molecule has 43 heavy (non-hydrogen) atoms. The number of amides is 1. The highest BCUT2D eigenvalue weighted by atomic mass is 35.5. The average Bonchev–Trinajstić information content (AvgIpc) is 3.76. The van der Waals surface area contributed by atoms with Gasteiger partial charge in [-0.1, -0.05) is 11.6 Å². The lowest BCUT2D eigenvalue weighted by molar-refractivity contribution is -0.127. The maximum atomic E-state index is 15.3. The number of carbonyl (C=O) groups excluding carboxylic acids is 1. The minimum Gasteiger partial charge on any atom is -0.497 e. The molecule has 2 atom stereocenters. The van der Waals surface area contributed by atoms with Crippen LogP contribution in [-0.2, 0) is 26.9 Å². The topological polar surface area (TPSA) is 127 Å². The number of benzene rings is 2. The number of rotatable bonds is 9. The molecule has 13 heteroatoms. The molecule has 0 spiro atoms. The molecule has 0 bridgehead atoms. The van der Waals surface area contributed by atoms with E-state index in [0.29, 0.717) is 53.7 Å². The lowest BCUT2D eigenvalue weighted by Gasteiger charge is -2.41. The highest BCUT2D eigenvalue weighted by Gasteiger charge is 2.63. The number of nitrogens with one attached hydrogen (secondary N) is 1. The molecule has 6 rings (SSSR count). The molecule has 1 fully saturated rings. The number of halogens is 1. The largest absolute Gasteiger partial charge is 0.497 e. The van der Waals surface area contributed by atoms with Crippen LogP contribution in [-0.4, -0.2) is 57.0 Å². The molecule has 224 valence electrons. The van der Waals surface area contributed by atoms with Gasteiger partial charge < -0.3 is 19.2 Å². The lowest BCUT2D eigenvalue weighted by Crippen LogP contribution is -2.54. The summed E-state index contributed by atoms with van der Waals surface area (Å²) in [5.74, 6) is 0.376. The molecule has 2 aromatic carbocycles. The molecule has 0 saturated carbocycles. The van der Waals surface area contributed by atoms with E-state index < -0.39 is 27.5 Å². The molecule has 1 unspecified atom stereocenters. The predicted octanol–water partition coefficient (Wildman–Crippen LogP) is 4.28. The van der Waals surface area contributed by atoms with Crippen LogP contribution in [0.5, 0.6) is 11.6 Å². The Morgan fingerprint density at radius 3 is 2.56 bits per heavy atom. The van der Waals surface area contributed by atoms with Gasteiger partial charge in [-0.25, -0.2) is 22.7 Å². The van der Waals surface area contributed by atoms with Gasteiger partial charge in [0, 0.05) is 35.4 Å². The number of likely N-dealkylation sites (tertiary alicyclic amines) is 1. The summed E-state index contributed by atoms with van der Waals surface area (Å²) in [7, 11) is 0.351. The van der Waals surface area contributed by atoms with Crippen LogP contribution in [0.1, 0.15) is 41.5 Å². The van der Waals surface area contributed by atoms with E-state index in [1.54, 1.807) is 37.6 Å². The SMILES string of the molecule is CNCc1cnc(OC)c(C2(N3CCC[C@H]3c3ncco3)C(=O)N(S(=O)(=O)c3ccc(OC)cc3)c3ccc(Cl)cc32)c1. The van der Waals surface area contributed by atoms with Gasteiger partial charge in [-0.2, -0.15) is 0 Å². The first-order valence-corrected chi connectivity index (χ1v) is 15.5. The van der Waals surface area contributed by atoms with Gasteiger partial charge in [0.25, 0.3) is 15.9 Å². The number of pyridine rings is 1.